The maximum absolute atomic E-state index is 14.8. The molecule has 0 atom stereocenters. The van der Waals surface area contributed by atoms with Crippen LogP contribution in [0, 0.1) is 12.7 Å². The van der Waals surface area contributed by atoms with Crippen LogP contribution in [0.5, 0.6) is 5.88 Å². The lowest BCUT2D eigenvalue weighted by molar-refractivity contribution is 0.387. The molecule has 0 radical (unpaired) electrons. The van der Waals surface area contributed by atoms with Crippen LogP contribution in [-0.2, 0) is 0 Å². The van der Waals surface area contributed by atoms with Crippen molar-refractivity contribution in [1.82, 2.24) is 10.3 Å². The third kappa shape index (κ3) is 6.22. The standard InChI is InChI=1S/C22H22ClFN6OS.CH5N/c1-12-6-17(24)18(30-32-19-8-14(23)11-28-22(19)31-5)9-15(12)16-7-13(10-25-2)20(26-3)29-21(16)27-4;1-2/h6-11,30H,2H2,1,3-5H3,(H,26,27,29);2H2,1H3/b13-10-;. The van der Waals surface area contributed by atoms with Crippen LogP contribution in [0.1, 0.15) is 11.1 Å². The zero-order valence-electron chi connectivity index (χ0n) is 19.6. The second kappa shape index (κ2) is 12.9. The summed E-state index contributed by atoms with van der Waals surface area (Å²) in [6.45, 7) is 5.36. The number of ether oxygens (including phenoxy) is 1. The van der Waals surface area contributed by atoms with Crippen molar-refractivity contribution in [3.05, 3.63) is 64.2 Å². The molecule has 0 aliphatic carbocycles. The fraction of sp³-hybridized carbons (Fsp3) is 0.217. The molecule has 11 heteroatoms. The second-order valence-electron chi connectivity index (χ2n) is 6.61. The van der Waals surface area contributed by atoms with Gasteiger partial charge in [-0.3, -0.25) is 15.0 Å². The molecular formula is C23H27ClFN7OS. The highest BCUT2D eigenvalue weighted by Gasteiger charge is 2.22. The van der Waals surface area contributed by atoms with Gasteiger partial charge in [-0.1, -0.05) is 11.6 Å². The minimum Gasteiger partial charge on any atom is -0.480 e. The van der Waals surface area contributed by atoms with Crippen LogP contribution in [0.3, 0.4) is 0 Å². The molecule has 1 aliphatic rings. The Balaban J connectivity index is 0.00000199. The molecule has 1 aromatic heterocycles. The predicted octanol–water partition coefficient (Wildman–Crippen LogP) is 4.51. The van der Waals surface area contributed by atoms with Crippen molar-refractivity contribution in [1.29, 1.82) is 0 Å². The number of halogens is 2. The number of nitrogens with zero attached hydrogens (tertiary/aromatic N) is 4. The molecule has 1 aromatic carbocycles. The monoisotopic (exact) mass is 503 g/mol. The lowest BCUT2D eigenvalue weighted by Gasteiger charge is -2.23. The fourth-order valence-electron chi connectivity index (χ4n) is 3.09. The molecule has 0 saturated carbocycles. The lowest BCUT2D eigenvalue weighted by Crippen LogP contribution is -2.36. The Morgan fingerprint density at radius 2 is 1.94 bits per heavy atom. The summed E-state index contributed by atoms with van der Waals surface area (Å²) < 4.78 is 23.1. The number of aromatic nitrogens is 1. The van der Waals surface area contributed by atoms with Gasteiger partial charge in [0.2, 0.25) is 5.88 Å². The number of hydrogen-bond acceptors (Lipinski definition) is 8. The number of nitrogens with one attached hydrogen (secondary N) is 2. The molecule has 3 rings (SSSR count). The van der Waals surface area contributed by atoms with Gasteiger partial charge in [-0.15, -0.1) is 0 Å². The summed E-state index contributed by atoms with van der Waals surface area (Å²) in [5.74, 6) is 1.22. The summed E-state index contributed by atoms with van der Waals surface area (Å²) in [6.07, 6.45) is 4.99. The Kier molecular flexibility index (Phi) is 10.2. The maximum Gasteiger partial charge on any atom is 0.228 e. The van der Waals surface area contributed by atoms with Gasteiger partial charge >= 0.3 is 0 Å². The lowest BCUT2D eigenvalue weighted by atomic mass is 9.94. The van der Waals surface area contributed by atoms with Crippen LogP contribution in [-0.4, -0.2) is 51.6 Å². The fourth-order valence-corrected chi connectivity index (χ4v) is 4.10. The average molecular weight is 504 g/mol. The minimum absolute atomic E-state index is 0.288. The number of aliphatic imine (C=N–C) groups is 3. The van der Waals surface area contributed by atoms with Crippen molar-refractivity contribution in [2.45, 2.75) is 11.8 Å². The first-order valence-corrected chi connectivity index (χ1v) is 11.2. The molecule has 1 aliphatic heterocycles. The van der Waals surface area contributed by atoms with E-state index in [1.807, 2.05) is 13.0 Å². The molecule has 2 aromatic rings. The van der Waals surface area contributed by atoms with Gasteiger partial charge in [0.15, 0.2) is 0 Å². The molecule has 4 N–H and O–H groups in total. The van der Waals surface area contributed by atoms with Gasteiger partial charge in [-0.05, 0) is 68.0 Å². The highest BCUT2D eigenvalue weighted by Crippen LogP contribution is 2.34. The third-order valence-electron chi connectivity index (χ3n) is 4.60. The molecule has 8 nitrogen and oxygen atoms in total. The summed E-state index contributed by atoms with van der Waals surface area (Å²) >= 11 is 7.19. The first-order valence-electron chi connectivity index (χ1n) is 10.0. The summed E-state index contributed by atoms with van der Waals surface area (Å²) in [5, 5.41) is 3.64. The van der Waals surface area contributed by atoms with Crippen LogP contribution < -0.4 is 20.5 Å². The van der Waals surface area contributed by atoms with Crippen molar-refractivity contribution < 1.29 is 9.13 Å². The molecule has 2 heterocycles. The molecular weight excluding hydrogens is 477 g/mol. The topological polar surface area (TPSA) is 109 Å². The highest BCUT2D eigenvalue weighted by molar-refractivity contribution is 8.00. The number of amidine groups is 2. The number of rotatable bonds is 6. The van der Waals surface area contributed by atoms with Gasteiger partial charge in [0, 0.05) is 37.6 Å². The van der Waals surface area contributed by atoms with Crippen molar-refractivity contribution in [3.63, 3.8) is 0 Å². The van der Waals surface area contributed by atoms with Crippen molar-refractivity contribution in [3.8, 4) is 5.88 Å². The zero-order valence-corrected chi connectivity index (χ0v) is 21.2. The number of hydrogen-bond donors (Lipinski definition) is 3. The molecule has 34 heavy (non-hydrogen) atoms. The van der Waals surface area contributed by atoms with E-state index in [2.05, 4.69) is 42.5 Å². The van der Waals surface area contributed by atoms with Crippen LogP contribution >= 0.6 is 23.5 Å². The summed E-state index contributed by atoms with van der Waals surface area (Å²) in [4.78, 5) is 17.2. The number of benzene rings is 1. The van der Waals surface area contributed by atoms with Crippen LogP contribution in [0.2, 0.25) is 5.02 Å². The Morgan fingerprint density at radius 3 is 2.56 bits per heavy atom. The Morgan fingerprint density at radius 1 is 1.24 bits per heavy atom. The number of aryl methyl sites for hydroxylation is 1. The Labute approximate surface area is 208 Å². The SMILES string of the molecule is C=N/C=C1/C=C(c2cc(NSc3cc(Cl)cnc3OC)c(F)cc2C)C(=NC)NC1=NC.CN. The molecule has 180 valence electrons. The van der Waals surface area contributed by atoms with Gasteiger partial charge in [0.05, 0.1) is 22.7 Å². The minimum atomic E-state index is -0.397. The van der Waals surface area contributed by atoms with Gasteiger partial charge in [-0.25, -0.2) is 9.37 Å². The van der Waals surface area contributed by atoms with E-state index in [1.54, 1.807) is 32.4 Å². The quantitative estimate of drug-likeness (QED) is 0.395. The second-order valence-corrected chi connectivity index (χ2v) is 7.89. The summed E-state index contributed by atoms with van der Waals surface area (Å²) in [6, 6.07) is 4.89. The largest absolute Gasteiger partial charge is 0.480 e. The molecule has 0 unspecified atom stereocenters. The van der Waals surface area contributed by atoms with Crippen molar-refractivity contribution in [2.24, 2.45) is 20.7 Å². The van der Waals surface area contributed by atoms with Crippen LogP contribution in [0.15, 0.2) is 62.1 Å². The van der Waals surface area contributed by atoms with E-state index in [-0.39, 0.29) is 5.69 Å². The third-order valence-corrected chi connectivity index (χ3v) is 5.64. The van der Waals surface area contributed by atoms with Crippen molar-refractivity contribution in [2.75, 3.05) is 33.0 Å². The normalized spacial score (nSPS) is 16.5. The first-order chi connectivity index (χ1) is 16.4. The van der Waals surface area contributed by atoms with Crippen molar-refractivity contribution >= 4 is 53.2 Å². The van der Waals surface area contributed by atoms with E-state index in [0.717, 1.165) is 34.2 Å². The van der Waals surface area contributed by atoms with E-state index in [0.29, 0.717) is 27.5 Å². The molecule has 0 spiro atoms. The summed E-state index contributed by atoms with van der Waals surface area (Å²) in [7, 11) is 6.36. The molecule has 0 amide bonds. The molecule has 0 bridgehead atoms. The average Bonchev–Trinajstić information content (AvgIpc) is 2.85. The number of pyridine rings is 1. The molecule has 0 fully saturated rings. The number of methoxy groups -OCH3 is 1. The van der Waals surface area contributed by atoms with E-state index < -0.39 is 5.82 Å². The van der Waals surface area contributed by atoms with Gasteiger partial charge in [0.1, 0.15) is 17.5 Å². The first kappa shape index (κ1) is 27.0. The van der Waals surface area contributed by atoms with Crippen LogP contribution in [0.25, 0.3) is 5.57 Å². The summed E-state index contributed by atoms with van der Waals surface area (Å²) in [5.41, 5.74) is 7.85. The van der Waals surface area contributed by atoms with E-state index in [4.69, 9.17) is 16.3 Å². The number of anilines is 1. The zero-order chi connectivity index (χ0) is 25.3. The molecule has 0 saturated heterocycles. The Hall–Kier alpha value is -3.21. The smallest absolute Gasteiger partial charge is 0.228 e. The predicted molar refractivity (Wildman–Crippen MR) is 142 cm³/mol. The Bertz CT molecular complexity index is 1180. The maximum atomic E-state index is 14.8. The van der Waals surface area contributed by atoms with Gasteiger partial charge < -0.3 is 20.5 Å². The van der Waals surface area contributed by atoms with E-state index >= 15 is 0 Å². The van der Waals surface area contributed by atoms with E-state index in [9.17, 15) is 4.39 Å². The van der Waals surface area contributed by atoms with Gasteiger partial charge in [-0.2, -0.15) is 0 Å². The van der Waals surface area contributed by atoms with Crippen LogP contribution in [0.4, 0.5) is 10.1 Å². The highest BCUT2D eigenvalue weighted by atomic mass is 35.5. The number of nitrogens with two attached hydrogens (primary N) is 1. The van der Waals surface area contributed by atoms with E-state index in [1.165, 1.54) is 26.4 Å². The van der Waals surface area contributed by atoms with Gasteiger partial charge in [0.25, 0.3) is 0 Å².